The van der Waals surface area contributed by atoms with Gasteiger partial charge in [-0.25, -0.2) is 9.78 Å². The van der Waals surface area contributed by atoms with Crippen molar-refractivity contribution in [1.82, 2.24) is 4.98 Å². The van der Waals surface area contributed by atoms with E-state index in [1.807, 2.05) is 17.5 Å². The number of anilines is 1. The first-order chi connectivity index (χ1) is 12.7. The second kappa shape index (κ2) is 7.13. The first-order valence-electron chi connectivity index (χ1n) is 8.26. The number of thiophene rings is 1. The number of oxazole rings is 1. The van der Waals surface area contributed by atoms with Gasteiger partial charge in [-0.3, -0.25) is 4.79 Å². The van der Waals surface area contributed by atoms with Crippen LogP contribution in [0, 0.1) is 0 Å². The minimum atomic E-state index is -0.440. The number of carbonyl (C=O) groups excluding carboxylic acids is 2. The van der Waals surface area contributed by atoms with Crippen molar-refractivity contribution in [3.05, 3.63) is 59.3 Å². The third kappa shape index (κ3) is 3.39. The molecule has 26 heavy (non-hydrogen) atoms. The molecule has 1 aliphatic heterocycles. The van der Waals surface area contributed by atoms with E-state index in [9.17, 15) is 9.59 Å². The number of amides is 1. The second-order valence-electron chi connectivity index (χ2n) is 5.89. The monoisotopic (exact) mass is 368 g/mol. The minimum absolute atomic E-state index is 0.0417. The largest absolute Gasteiger partial charge is 0.455 e. The van der Waals surface area contributed by atoms with Gasteiger partial charge in [-0.15, -0.1) is 11.3 Å². The molecule has 7 heteroatoms. The van der Waals surface area contributed by atoms with Crippen molar-refractivity contribution in [2.75, 3.05) is 11.4 Å². The highest BCUT2D eigenvalue weighted by Crippen LogP contribution is 2.24. The van der Waals surface area contributed by atoms with Crippen molar-refractivity contribution < 1.29 is 18.7 Å². The zero-order chi connectivity index (χ0) is 17.9. The molecule has 4 rings (SSSR count). The lowest BCUT2D eigenvalue weighted by molar-refractivity contribution is -0.117. The average Bonchev–Trinajstić information content (AvgIpc) is 3.41. The van der Waals surface area contributed by atoms with E-state index in [0.29, 0.717) is 23.6 Å². The van der Waals surface area contributed by atoms with E-state index in [4.69, 9.17) is 9.15 Å². The van der Waals surface area contributed by atoms with Gasteiger partial charge in [0.05, 0.1) is 10.4 Å². The van der Waals surface area contributed by atoms with Crippen molar-refractivity contribution in [2.45, 2.75) is 19.4 Å². The number of aromatic nitrogens is 1. The van der Waals surface area contributed by atoms with Crippen LogP contribution >= 0.6 is 11.3 Å². The number of esters is 1. The highest BCUT2D eigenvalue weighted by molar-refractivity contribution is 7.13. The van der Waals surface area contributed by atoms with Crippen molar-refractivity contribution in [1.29, 1.82) is 0 Å². The van der Waals surface area contributed by atoms with Crippen molar-refractivity contribution in [2.24, 2.45) is 0 Å². The second-order valence-corrected chi connectivity index (χ2v) is 6.84. The van der Waals surface area contributed by atoms with Crippen LogP contribution in [0.1, 0.15) is 28.9 Å². The standard InChI is InChI=1S/C19H16N2O4S/c22-17-4-1-9-21(17)15-7-5-13(6-8-15)19(23)25-12-14-11-24-18(20-14)16-3-2-10-26-16/h2-3,5-8,10-11H,1,4,9,12H2. The molecule has 0 N–H and O–H groups in total. The molecule has 1 aromatic carbocycles. The van der Waals surface area contributed by atoms with Crippen molar-refractivity contribution in [3.8, 4) is 10.8 Å². The summed E-state index contributed by atoms with van der Waals surface area (Å²) in [5.41, 5.74) is 1.80. The fourth-order valence-corrected chi connectivity index (χ4v) is 3.46. The molecule has 0 spiro atoms. The molecule has 0 bridgehead atoms. The van der Waals surface area contributed by atoms with Crippen LogP contribution in [0.3, 0.4) is 0 Å². The Morgan fingerprint density at radius 1 is 1.27 bits per heavy atom. The normalized spacial score (nSPS) is 14.0. The summed E-state index contributed by atoms with van der Waals surface area (Å²) in [5, 5.41) is 1.94. The fraction of sp³-hybridized carbons (Fsp3) is 0.211. The molecule has 6 nitrogen and oxygen atoms in total. The zero-order valence-electron chi connectivity index (χ0n) is 13.9. The fourth-order valence-electron chi connectivity index (χ4n) is 2.81. The summed E-state index contributed by atoms with van der Waals surface area (Å²) in [6.45, 7) is 0.765. The number of hydrogen-bond acceptors (Lipinski definition) is 6. The third-order valence-corrected chi connectivity index (χ3v) is 4.98. The van der Waals surface area contributed by atoms with E-state index in [1.54, 1.807) is 29.2 Å². The smallest absolute Gasteiger partial charge is 0.338 e. The van der Waals surface area contributed by atoms with Crippen LogP contribution in [-0.4, -0.2) is 23.4 Å². The highest BCUT2D eigenvalue weighted by atomic mass is 32.1. The first kappa shape index (κ1) is 16.5. The summed E-state index contributed by atoms with van der Waals surface area (Å²) in [6.07, 6.45) is 2.94. The molecule has 1 aliphatic rings. The quantitative estimate of drug-likeness (QED) is 0.639. The summed E-state index contributed by atoms with van der Waals surface area (Å²) in [6, 6.07) is 10.7. The van der Waals surface area contributed by atoms with E-state index in [2.05, 4.69) is 4.98 Å². The molecule has 0 aliphatic carbocycles. The number of benzene rings is 1. The van der Waals surface area contributed by atoms with Crippen LogP contribution in [0.25, 0.3) is 10.8 Å². The van der Waals surface area contributed by atoms with Crippen LogP contribution in [0.4, 0.5) is 5.69 Å². The molecule has 1 fully saturated rings. The van der Waals surface area contributed by atoms with E-state index < -0.39 is 5.97 Å². The molecule has 132 valence electrons. The predicted molar refractivity (Wildman–Crippen MR) is 97.0 cm³/mol. The zero-order valence-corrected chi connectivity index (χ0v) is 14.7. The Morgan fingerprint density at radius 2 is 2.12 bits per heavy atom. The highest BCUT2D eigenvalue weighted by Gasteiger charge is 2.21. The van der Waals surface area contributed by atoms with Crippen molar-refractivity contribution >= 4 is 28.9 Å². The van der Waals surface area contributed by atoms with Crippen LogP contribution in [0.15, 0.2) is 52.5 Å². The maximum atomic E-state index is 12.2. The van der Waals surface area contributed by atoms with E-state index >= 15 is 0 Å². The van der Waals surface area contributed by atoms with Crippen molar-refractivity contribution in [3.63, 3.8) is 0 Å². The Kier molecular flexibility index (Phi) is 4.53. The van der Waals surface area contributed by atoms with Gasteiger partial charge in [0.25, 0.3) is 0 Å². The topological polar surface area (TPSA) is 72.6 Å². The molecule has 3 heterocycles. The number of nitrogens with zero attached hydrogens (tertiary/aromatic N) is 2. The summed E-state index contributed by atoms with van der Waals surface area (Å²) >= 11 is 1.53. The van der Waals surface area contributed by atoms with E-state index in [0.717, 1.165) is 23.5 Å². The lowest BCUT2D eigenvalue weighted by Gasteiger charge is -2.15. The van der Waals surface area contributed by atoms with Gasteiger partial charge in [0.15, 0.2) is 0 Å². The summed E-state index contributed by atoms with van der Waals surface area (Å²) in [7, 11) is 0. The molecule has 2 aromatic heterocycles. The molecule has 0 saturated carbocycles. The van der Waals surface area contributed by atoms with Gasteiger partial charge in [0.2, 0.25) is 11.8 Å². The van der Waals surface area contributed by atoms with Gasteiger partial charge in [-0.1, -0.05) is 6.07 Å². The molecular weight excluding hydrogens is 352 g/mol. The van der Waals surface area contributed by atoms with Crippen LogP contribution in [0.5, 0.6) is 0 Å². The number of carbonyl (C=O) groups is 2. The number of hydrogen-bond donors (Lipinski definition) is 0. The van der Waals surface area contributed by atoms with Crippen LogP contribution < -0.4 is 4.90 Å². The average molecular weight is 368 g/mol. The van der Waals surface area contributed by atoms with Gasteiger partial charge in [0.1, 0.15) is 18.6 Å². The molecule has 0 radical (unpaired) electrons. The first-order valence-corrected chi connectivity index (χ1v) is 9.14. The maximum Gasteiger partial charge on any atom is 0.338 e. The Morgan fingerprint density at radius 3 is 2.81 bits per heavy atom. The number of ether oxygens (including phenoxy) is 1. The lowest BCUT2D eigenvalue weighted by Crippen LogP contribution is -2.23. The van der Waals surface area contributed by atoms with Gasteiger partial charge in [-0.05, 0) is 42.1 Å². The SMILES string of the molecule is O=C(OCc1coc(-c2cccs2)n1)c1ccc(N2CCCC2=O)cc1. The molecule has 0 atom stereocenters. The predicted octanol–water partition coefficient (Wildman–Crippen LogP) is 3.89. The minimum Gasteiger partial charge on any atom is -0.455 e. The molecular formula is C19H16N2O4S. The summed E-state index contributed by atoms with van der Waals surface area (Å²) in [4.78, 5) is 30.9. The van der Waals surface area contributed by atoms with Gasteiger partial charge >= 0.3 is 5.97 Å². The molecule has 3 aromatic rings. The van der Waals surface area contributed by atoms with Gasteiger partial charge in [0, 0.05) is 18.7 Å². The number of rotatable bonds is 5. The Bertz CT molecular complexity index is 915. The Labute approximate surface area is 154 Å². The Hall–Kier alpha value is -2.93. The van der Waals surface area contributed by atoms with Crippen LogP contribution in [0.2, 0.25) is 0 Å². The lowest BCUT2D eigenvalue weighted by atomic mass is 10.2. The third-order valence-electron chi connectivity index (χ3n) is 4.12. The molecule has 1 amide bonds. The van der Waals surface area contributed by atoms with Gasteiger partial charge in [-0.2, -0.15) is 0 Å². The Balaban J connectivity index is 1.37. The van der Waals surface area contributed by atoms with E-state index in [-0.39, 0.29) is 12.5 Å². The van der Waals surface area contributed by atoms with Crippen LogP contribution in [-0.2, 0) is 16.1 Å². The molecule has 0 unspecified atom stereocenters. The van der Waals surface area contributed by atoms with Gasteiger partial charge < -0.3 is 14.1 Å². The summed E-state index contributed by atoms with van der Waals surface area (Å²) in [5.74, 6) is 0.198. The maximum absolute atomic E-state index is 12.2. The van der Waals surface area contributed by atoms with E-state index in [1.165, 1.54) is 17.6 Å². The molecule has 1 saturated heterocycles. The summed E-state index contributed by atoms with van der Waals surface area (Å²) < 4.78 is 10.7.